The molecule has 2 fully saturated rings. The minimum atomic E-state index is -0.289. The quantitative estimate of drug-likeness (QED) is 0.359. The first-order chi connectivity index (χ1) is 14.7. The monoisotopic (exact) mass is 414 g/mol. The number of ether oxygens (including phenoxy) is 1. The van der Waals surface area contributed by atoms with E-state index in [-0.39, 0.29) is 5.97 Å². The molecule has 0 aromatic heterocycles. The third-order valence-electron chi connectivity index (χ3n) is 7.74. The first kappa shape index (κ1) is 21.6. The normalized spacial score (nSPS) is 27.0. The summed E-state index contributed by atoms with van der Waals surface area (Å²) in [6.07, 6.45) is 12.3. The van der Waals surface area contributed by atoms with E-state index in [1.54, 1.807) is 0 Å². The largest absolute Gasteiger partial charge is 0.457 e. The van der Waals surface area contributed by atoms with Crippen molar-refractivity contribution in [2.75, 3.05) is 0 Å². The lowest BCUT2D eigenvalue weighted by Crippen LogP contribution is -2.32. The van der Waals surface area contributed by atoms with E-state index in [0.29, 0.717) is 28.4 Å². The van der Waals surface area contributed by atoms with Crippen LogP contribution in [0.1, 0.15) is 74.9 Å². The van der Waals surface area contributed by atoms with Gasteiger partial charge in [0, 0.05) is 0 Å². The maximum atomic E-state index is 12.3. The van der Waals surface area contributed by atoms with Gasteiger partial charge >= 0.3 is 5.97 Å². The lowest BCUT2D eigenvalue weighted by Gasteiger charge is -2.41. The zero-order valence-electron chi connectivity index (χ0n) is 19.3. The second-order valence-corrected chi connectivity index (χ2v) is 10.4. The highest BCUT2D eigenvalue weighted by atomic mass is 16.5. The predicted molar refractivity (Wildman–Crippen MR) is 128 cm³/mol. The molecule has 2 unspecified atom stereocenters. The Morgan fingerprint density at radius 3 is 2.39 bits per heavy atom. The van der Waals surface area contributed by atoms with E-state index >= 15 is 0 Å². The van der Waals surface area contributed by atoms with Crippen LogP contribution >= 0.6 is 0 Å². The fourth-order valence-corrected chi connectivity index (χ4v) is 5.67. The van der Waals surface area contributed by atoms with Gasteiger partial charge in [0.2, 0.25) is 0 Å². The number of fused-ring (bicyclic) bond motifs is 1. The van der Waals surface area contributed by atoms with Gasteiger partial charge in [0.15, 0.2) is 0 Å². The number of benzene rings is 2. The molecule has 162 valence electrons. The number of hydrogen-bond acceptors (Lipinski definition) is 2. The van der Waals surface area contributed by atoms with Crippen molar-refractivity contribution in [1.29, 1.82) is 0 Å². The summed E-state index contributed by atoms with van der Waals surface area (Å²) in [6.45, 7) is 9.80. The van der Waals surface area contributed by atoms with Crippen LogP contribution in [0, 0.1) is 16.2 Å². The van der Waals surface area contributed by atoms with Gasteiger partial charge in [0.05, 0.1) is 5.56 Å². The molecule has 0 amide bonds. The molecule has 0 N–H and O–H groups in total. The Morgan fingerprint density at radius 2 is 1.71 bits per heavy atom. The Hall–Kier alpha value is -2.61. The van der Waals surface area contributed by atoms with Crippen LogP contribution in [-0.2, 0) is 11.3 Å². The molecule has 2 nitrogen and oxygen atoms in total. The van der Waals surface area contributed by atoms with Crippen molar-refractivity contribution in [3.05, 3.63) is 89.0 Å². The second kappa shape index (κ2) is 8.15. The Kier molecular flexibility index (Phi) is 5.68. The molecule has 0 saturated heterocycles. The minimum Gasteiger partial charge on any atom is -0.457 e. The number of hydrogen-bond donors (Lipinski definition) is 0. The molecule has 31 heavy (non-hydrogen) atoms. The van der Waals surface area contributed by atoms with Crippen LogP contribution in [0.3, 0.4) is 0 Å². The van der Waals surface area contributed by atoms with Crippen LogP contribution in [0.25, 0.3) is 6.08 Å². The SMILES string of the molecule is CC(/C=C/C12CC1(C)CCCC2(C)C)=C\c1ccc(C(=O)OCc2ccccc2)cc1. The summed E-state index contributed by atoms with van der Waals surface area (Å²) in [6, 6.07) is 17.4. The average Bonchev–Trinajstić information content (AvgIpc) is 3.39. The second-order valence-electron chi connectivity index (χ2n) is 10.4. The maximum Gasteiger partial charge on any atom is 0.338 e. The van der Waals surface area contributed by atoms with Gasteiger partial charge in [0.25, 0.3) is 0 Å². The summed E-state index contributed by atoms with van der Waals surface area (Å²) >= 11 is 0. The molecule has 2 heteroatoms. The summed E-state index contributed by atoms with van der Waals surface area (Å²) < 4.78 is 5.42. The van der Waals surface area contributed by atoms with E-state index in [4.69, 9.17) is 4.74 Å². The number of rotatable bonds is 6. The molecule has 0 spiro atoms. The van der Waals surface area contributed by atoms with Gasteiger partial charge < -0.3 is 4.74 Å². The van der Waals surface area contributed by atoms with Crippen LogP contribution in [0.2, 0.25) is 0 Å². The highest BCUT2D eigenvalue weighted by Gasteiger charge is 2.69. The van der Waals surface area contributed by atoms with Crippen molar-refractivity contribution in [3.8, 4) is 0 Å². The minimum absolute atomic E-state index is 0.289. The molecule has 2 atom stereocenters. The van der Waals surface area contributed by atoms with Crippen molar-refractivity contribution in [2.24, 2.45) is 16.2 Å². The Labute approximate surface area is 187 Å². The predicted octanol–water partition coefficient (Wildman–Crippen LogP) is 7.61. The molecular formula is C29H34O2. The van der Waals surface area contributed by atoms with Gasteiger partial charge in [0.1, 0.15) is 6.61 Å². The van der Waals surface area contributed by atoms with Gasteiger partial charge in [-0.15, -0.1) is 0 Å². The Morgan fingerprint density at radius 1 is 1.00 bits per heavy atom. The van der Waals surface area contributed by atoms with Crippen molar-refractivity contribution < 1.29 is 9.53 Å². The summed E-state index contributed by atoms with van der Waals surface area (Å²) in [5.41, 5.74) is 5.11. The smallest absolute Gasteiger partial charge is 0.338 e. The van der Waals surface area contributed by atoms with Crippen LogP contribution < -0.4 is 0 Å². The van der Waals surface area contributed by atoms with E-state index in [0.717, 1.165) is 11.1 Å². The summed E-state index contributed by atoms with van der Waals surface area (Å²) in [5.74, 6) is -0.289. The molecule has 2 aromatic rings. The highest BCUT2D eigenvalue weighted by molar-refractivity contribution is 5.89. The molecular weight excluding hydrogens is 380 g/mol. The van der Waals surface area contributed by atoms with Gasteiger partial charge in [-0.2, -0.15) is 0 Å². The Bertz CT molecular complexity index is 997. The molecule has 2 aliphatic rings. The lowest BCUT2D eigenvalue weighted by atomic mass is 9.63. The van der Waals surface area contributed by atoms with E-state index in [1.165, 1.54) is 31.3 Å². The van der Waals surface area contributed by atoms with Crippen LogP contribution in [0.4, 0.5) is 0 Å². The van der Waals surface area contributed by atoms with Crippen LogP contribution in [0.15, 0.2) is 72.3 Å². The van der Waals surface area contributed by atoms with Crippen LogP contribution in [-0.4, -0.2) is 5.97 Å². The van der Waals surface area contributed by atoms with Crippen molar-refractivity contribution in [2.45, 2.75) is 60.0 Å². The molecule has 0 bridgehead atoms. The van der Waals surface area contributed by atoms with Crippen LogP contribution in [0.5, 0.6) is 0 Å². The summed E-state index contributed by atoms with van der Waals surface area (Å²) in [7, 11) is 0. The Balaban J connectivity index is 1.39. The number of carbonyl (C=O) groups is 1. The maximum absolute atomic E-state index is 12.3. The van der Waals surface area contributed by atoms with Gasteiger partial charge in [-0.3, -0.25) is 0 Å². The average molecular weight is 415 g/mol. The lowest BCUT2D eigenvalue weighted by molar-refractivity contribution is 0.0472. The molecule has 0 radical (unpaired) electrons. The molecule has 0 heterocycles. The standard InChI is InChI=1S/C29H34O2/c1-22(15-18-29-21-28(29,4)17-8-16-27(29,2)3)19-23-11-13-25(14-12-23)26(30)31-20-24-9-6-5-7-10-24/h5-7,9-15,18-19H,8,16-17,20-21H2,1-4H3/b18-15+,22-19+. The number of allylic oxidation sites excluding steroid dienone is 3. The molecule has 0 aliphatic heterocycles. The van der Waals surface area contributed by atoms with Gasteiger partial charge in [-0.1, -0.05) is 93.5 Å². The zero-order chi connectivity index (χ0) is 22.1. The van der Waals surface area contributed by atoms with Crippen molar-refractivity contribution in [1.82, 2.24) is 0 Å². The van der Waals surface area contributed by atoms with Crippen molar-refractivity contribution >= 4 is 12.0 Å². The van der Waals surface area contributed by atoms with E-state index in [9.17, 15) is 4.79 Å². The van der Waals surface area contributed by atoms with E-state index in [2.05, 4.69) is 45.9 Å². The molecule has 2 aromatic carbocycles. The number of carbonyl (C=O) groups excluding carboxylic acids is 1. The first-order valence-corrected chi connectivity index (χ1v) is 11.4. The van der Waals surface area contributed by atoms with Crippen molar-refractivity contribution in [3.63, 3.8) is 0 Å². The summed E-state index contributed by atoms with van der Waals surface area (Å²) in [5, 5.41) is 0. The molecule has 2 saturated carbocycles. The van der Waals surface area contributed by atoms with E-state index in [1.807, 2.05) is 54.6 Å². The fraction of sp³-hybridized carbons (Fsp3) is 0.414. The van der Waals surface area contributed by atoms with Gasteiger partial charge in [-0.05, 0) is 65.7 Å². The third-order valence-corrected chi connectivity index (χ3v) is 7.74. The first-order valence-electron chi connectivity index (χ1n) is 11.4. The number of esters is 1. The summed E-state index contributed by atoms with van der Waals surface area (Å²) in [4.78, 5) is 12.3. The fourth-order valence-electron chi connectivity index (χ4n) is 5.67. The topological polar surface area (TPSA) is 26.3 Å². The highest BCUT2D eigenvalue weighted by Crippen LogP contribution is 2.78. The van der Waals surface area contributed by atoms with E-state index < -0.39 is 0 Å². The third kappa shape index (κ3) is 4.26. The zero-order valence-corrected chi connectivity index (χ0v) is 19.3. The molecule has 4 rings (SSSR count). The molecule has 2 aliphatic carbocycles. The van der Waals surface area contributed by atoms with Gasteiger partial charge in [-0.25, -0.2) is 4.79 Å².